The fourth-order valence-electron chi connectivity index (χ4n) is 1.44. The van der Waals surface area contributed by atoms with Gasteiger partial charge < -0.3 is 14.2 Å². The molecule has 0 bridgehead atoms. The van der Waals surface area contributed by atoms with Crippen LogP contribution in [-0.2, 0) is 15.9 Å². The van der Waals surface area contributed by atoms with Crippen molar-refractivity contribution in [3.63, 3.8) is 0 Å². The van der Waals surface area contributed by atoms with Crippen LogP contribution in [0.2, 0.25) is 0 Å². The van der Waals surface area contributed by atoms with Crippen molar-refractivity contribution >= 4 is 6.29 Å². The number of ether oxygens (including phenoxy) is 3. The van der Waals surface area contributed by atoms with Gasteiger partial charge >= 0.3 is 0 Å². The van der Waals surface area contributed by atoms with Gasteiger partial charge in [0.1, 0.15) is 18.6 Å². The molecule has 0 aliphatic rings. The van der Waals surface area contributed by atoms with Crippen LogP contribution in [0.1, 0.15) is 15.9 Å². The van der Waals surface area contributed by atoms with Crippen LogP contribution >= 0.6 is 0 Å². The van der Waals surface area contributed by atoms with Gasteiger partial charge in [0.05, 0.1) is 13.2 Å². The molecule has 0 saturated heterocycles. The molecule has 0 radical (unpaired) electrons. The summed E-state index contributed by atoms with van der Waals surface area (Å²) in [5.41, 5.74) is 1.65. The van der Waals surface area contributed by atoms with E-state index in [4.69, 9.17) is 14.2 Å². The van der Waals surface area contributed by atoms with Crippen LogP contribution in [0.25, 0.3) is 0 Å². The lowest BCUT2D eigenvalue weighted by molar-refractivity contribution is 0.112. The molecule has 4 nitrogen and oxygen atoms in total. The SMILES string of the molecule is COCCOc1cc(C=O)cc(CCOC)c1. The van der Waals surface area contributed by atoms with Crippen LogP contribution in [0, 0.1) is 0 Å². The normalized spacial score (nSPS) is 10.2. The number of hydrogen-bond donors (Lipinski definition) is 0. The molecule has 0 saturated carbocycles. The van der Waals surface area contributed by atoms with E-state index in [0.29, 0.717) is 31.1 Å². The Morgan fingerprint density at radius 2 is 1.82 bits per heavy atom. The van der Waals surface area contributed by atoms with Crippen LogP contribution in [-0.4, -0.2) is 40.3 Å². The fraction of sp³-hybridized carbons (Fsp3) is 0.462. The lowest BCUT2D eigenvalue weighted by Gasteiger charge is -2.08. The summed E-state index contributed by atoms with van der Waals surface area (Å²) in [6.45, 7) is 1.63. The molecule has 94 valence electrons. The van der Waals surface area contributed by atoms with E-state index in [1.807, 2.05) is 12.1 Å². The third kappa shape index (κ3) is 4.97. The van der Waals surface area contributed by atoms with Gasteiger partial charge in [0, 0.05) is 19.8 Å². The molecule has 0 aliphatic heterocycles. The molecule has 0 heterocycles. The number of methoxy groups -OCH3 is 2. The van der Waals surface area contributed by atoms with Crippen molar-refractivity contribution in [1.29, 1.82) is 0 Å². The molecule has 0 N–H and O–H groups in total. The molecule has 0 amide bonds. The first-order valence-corrected chi connectivity index (χ1v) is 5.50. The Morgan fingerprint density at radius 3 is 2.47 bits per heavy atom. The van der Waals surface area contributed by atoms with Gasteiger partial charge in [-0.15, -0.1) is 0 Å². The summed E-state index contributed by atoms with van der Waals surface area (Å²) < 4.78 is 15.4. The van der Waals surface area contributed by atoms with Crippen LogP contribution in [0.15, 0.2) is 18.2 Å². The highest BCUT2D eigenvalue weighted by molar-refractivity contribution is 5.76. The van der Waals surface area contributed by atoms with Crippen molar-refractivity contribution in [1.82, 2.24) is 0 Å². The maximum absolute atomic E-state index is 10.8. The largest absolute Gasteiger partial charge is 0.491 e. The van der Waals surface area contributed by atoms with E-state index in [1.165, 1.54) is 0 Å². The van der Waals surface area contributed by atoms with Gasteiger partial charge in [0.15, 0.2) is 0 Å². The Hall–Kier alpha value is -1.39. The minimum absolute atomic E-state index is 0.475. The quantitative estimate of drug-likeness (QED) is 0.511. The molecule has 0 aliphatic carbocycles. The average Bonchev–Trinajstić information content (AvgIpc) is 2.36. The summed E-state index contributed by atoms with van der Waals surface area (Å²) >= 11 is 0. The van der Waals surface area contributed by atoms with Crippen molar-refractivity contribution in [2.24, 2.45) is 0 Å². The van der Waals surface area contributed by atoms with Crippen LogP contribution in [0.5, 0.6) is 5.75 Å². The molecule has 0 aromatic heterocycles. The topological polar surface area (TPSA) is 44.8 Å². The second-order valence-electron chi connectivity index (χ2n) is 3.61. The van der Waals surface area contributed by atoms with E-state index in [2.05, 4.69) is 0 Å². The van der Waals surface area contributed by atoms with E-state index in [9.17, 15) is 4.79 Å². The van der Waals surface area contributed by atoms with Crippen molar-refractivity contribution < 1.29 is 19.0 Å². The second-order valence-corrected chi connectivity index (χ2v) is 3.61. The molecule has 1 aromatic rings. The Kier molecular flexibility index (Phi) is 6.29. The van der Waals surface area contributed by atoms with E-state index in [1.54, 1.807) is 20.3 Å². The monoisotopic (exact) mass is 238 g/mol. The molecule has 1 rings (SSSR count). The zero-order valence-corrected chi connectivity index (χ0v) is 10.3. The smallest absolute Gasteiger partial charge is 0.150 e. The zero-order valence-electron chi connectivity index (χ0n) is 10.3. The summed E-state index contributed by atoms with van der Waals surface area (Å²) in [6, 6.07) is 5.48. The molecule has 0 unspecified atom stereocenters. The number of benzene rings is 1. The number of aldehydes is 1. The number of rotatable bonds is 8. The summed E-state index contributed by atoms with van der Waals surface area (Å²) in [7, 11) is 3.27. The van der Waals surface area contributed by atoms with Gasteiger partial charge in [-0.1, -0.05) is 0 Å². The molecule has 0 spiro atoms. The van der Waals surface area contributed by atoms with Crippen LogP contribution in [0.4, 0.5) is 0 Å². The Bertz CT molecular complexity index is 349. The van der Waals surface area contributed by atoms with Gasteiger partial charge in [-0.05, 0) is 30.2 Å². The average molecular weight is 238 g/mol. The highest BCUT2D eigenvalue weighted by Crippen LogP contribution is 2.17. The van der Waals surface area contributed by atoms with E-state index >= 15 is 0 Å². The standard InChI is InChI=1S/C13H18O4/c1-15-4-3-11-7-12(10-14)9-13(8-11)17-6-5-16-2/h7-10H,3-6H2,1-2H3. The first kappa shape index (κ1) is 13.7. The first-order valence-electron chi connectivity index (χ1n) is 5.50. The minimum Gasteiger partial charge on any atom is -0.491 e. The third-order valence-corrected chi connectivity index (χ3v) is 2.28. The molecule has 0 atom stereocenters. The fourth-order valence-corrected chi connectivity index (χ4v) is 1.44. The molecule has 1 aromatic carbocycles. The maximum Gasteiger partial charge on any atom is 0.150 e. The Morgan fingerprint density at radius 1 is 1.06 bits per heavy atom. The van der Waals surface area contributed by atoms with E-state index < -0.39 is 0 Å². The summed E-state index contributed by atoms with van der Waals surface area (Å²) in [4.78, 5) is 10.8. The third-order valence-electron chi connectivity index (χ3n) is 2.28. The molecular formula is C13H18O4. The highest BCUT2D eigenvalue weighted by atomic mass is 16.5. The molecule has 0 fully saturated rings. The van der Waals surface area contributed by atoms with E-state index in [-0.39, 0.29) is 0 Å². The molecule has 17 heavy (non-hydrogen) atoms. The van der Waals surface area contributed by atoms with Gasteiger partial charge in [-0.25, -0.2) is 0 Å². The highest BCUT2D eigenvalue weighted by Gasteiger charge is 2.02. The van der Waals surface area contributed by atoms with Crippen molar-refractivity contribution in [2.45, 2.75) is 6.42 Å². The number of carbonyl (C=O) groups excluding carboxylic acids is 1. The molecule has 4 heteroatoms. The Balaban J connectivity index is 2.70. The zero-order chi connectivity index (χ0) is 12.5. The van der Waals surface area contributed by atoms with Crippen molar-refractivity contribution in [2.75, 3.05) is 34.0 Å². The first-order chi connectivity index (χ1) is 8.30. The summed E-state index contributed by atoms with van der Waals surface area (Å²) in [6.07, 6.45) is 1.58. The summed E-state index contributed by atoms with van der Waals surface area (Å²) in [5, 5.41) is 0. The van der Waals surface area contributed by atoms with Crippen LogP contribution < -0.4 is 4.74 Å². The van der Waals surface area contributed by atoms with Crippen LogP contribution in [0.3, 0.4) is 0 Å². The predicted octanol–water partition coefficient (Wildman–Crippen LogP) is 1.71. The van der Waals surface area contributed by atoms with E-state index in [0.717, 1.165) is 18.3 Å². The van der Waals surface area contributed by atoms with Gasteiger partial charge in [0.25, 0.3) is 0 Å². The van der Waals surface area contributed by atoms with Gasteiger partial charge in [0.2, 0.25) is 0 Å². The lowest BCUT2D eigenvalue weighted by Crippen LogP contribution is -2.05. The lowest BCUT2D eigenvalue weighted by atomic mass is 10.1. The molecular weight excluding hydrogens is 220 g/mol. The summed E-state index contributed by atoms with van der Waals surface area (Å²) in [5.74, 6) is 0.692. The number of hydrogen-bond acceptors (Lipinski definition) is 4. The van der Waals surface area contributed by atoms with Crippen molar-refractivity contribution in [3.8, 4) is 5.75 Å². The predicted molar refractivity (Wildman–Crippen MR) is 64.8 cm³/mol. The number of carbonyl (C=O) groups is 1. The Labute approximate surface area is 101 Å². The maximum atomic E-state index is 10.8. The van der Waals surface area contributed by atoms with Gasteiger partial charge in [-0.3, -0.25) is 4.79 Å². The minimum atomic E-state index is 0.475. The van der Waals surface area contributed by atoms with Crippen molar-refractivity contribution in [3.05, 3.63) is 29.3 Å². The van der Waals surface area contributed by atoms with Gasteiger partial charge in [-0.2, -0.15) is 0 Å². The second kappa shape index (κ2) is 7.81.